The van der Waals surface area contributed by atoms with Crippen molar-refractivity contribution in [3.05, 3.63) is 64.2 Å². The summed E-state index contributed by atoms with van der Waals surface area (Å²) in [6.45, 7) is 3.82. The normalized spacial score (nSPS) is 13.0. The number of nitrogens with one attached hydrogen (secondary N) is 1. The van der Waals surface area contributed by atoms with E-state index in [4.69, 9.17) is 11.6 Å². The number of hydrogen-bond donors (Lipinski definition) is 1. The molecule has 1 unspecified atom stereocenters. The van der Waals surface area contributed by atoms with Crippen molar-refractivity contribution in [2.45, 2.75) is 26.1 Å². The van der Waals surface area contributed by atoms with Crippen molar-refractivity contribution in [1.29, 1.82) is 0 Å². The molecule has 0 aromatic heterocycles. The predicted molar refractivity (Wildman–Crippen MR) is 79.7 cm³/mol. The molecular formula is C16H15ClF3N. The molecule has 0 aliphatic heterocycles. The van der Waals surface area contributed by atoms with Crippen molar-refractivity contribution in [2.24, 2.45) is 0 Å². The van der Waals surface area contributed by atoms with Gasteiger partial charge in [-0.15, -0.1) is 0 Å². The molecule has 1 atom stereocenters. The van der Waals surface area contributed by atoms with Crippen molar-refractivity contribution in [3.63, 3.8) is 0 Å². The first-order chi connectivity index (χ1) is 9.77. The zero-order valence-electron chi connectivity index (χ0n) is 11.6. The first-order valence-electron chi connectivity index (χ1n) is 6.47. The molecule has 2 aromatic carbocycles. The SMILES string of the molecule is Cc1ccc(Cl)c(NC(C)c2ccc(C(F)(F)F)cc2)c1. The molecule has 0 amide bonds. The van der Waals surface area contributed by atoms with E-state index in [1.54, 1.807) is 6.07 Å². The second-order valence-electron chi connectivity index (χ2n) is 4.97. The maximum atomic E-state index is 12.5. The fraction of sp³-hybridized carbons (Fsp3) is 0.250. The van der Waals surface area contributed by atoms with Crippen molar-refractivity contribution >= 4 is 17.3 Å². The maximum absolute atomic E-state index is 12.5. The average molecular weight is 314 g/mol. The van der Waals surface area contributed by atoms with E-state index in [0.29, 0.717) is 5.02 Å². The number of benzene rings is 2. The molecule has 5 heteroatoms. The highest BCUT2D eigenvalue weighted by Crippen LogP contribution is 2.31. The maximum Gasteiger partial charge on any atom is 0.416 e. The molecule has 0 aliphatic rings. The summed E-state index contributed by atoms with van der Waals surface area (Å²) >= 11 is 6.10. The Hall–Kier alpha value is -1.68. The smallest absolute Gasteiger partial charge is 0.377 e. The molecule has 1 N–H and O–H groups in total. The van der Waals surface area contributed by atoms with Crippen molar-refractivity contribution in [3.8, 4) is 0 Å². The summed E-state index contributed by atoms with van der Waals surface area (Å²) in [5.41, 5.74) is 1.94. The van der Waals surface area contributed by atoms with Crippen LogP contribution in [0.3, 0.4) is 0 Å². The summed E-state index contributed by atoms with van der Waals surface area (Å²) in [5.74, 6) is 0. The van der Waals surface area contributed by atoms with Crippen LogP contribution in [0.1, 0.15) is 29.7 Å². The van der Waals surface area contributed by atoms with Gasteiger partial charge in [-0.2, -0.15) is 13.2 Å². The number of hydrogen-bond acceptors (Lipinski definition) is 1. The third-order valence-corrected chi connectivity index (χ3v) is 3.56. The Balaban J connectivity index is 2.17. The number of aryl methyl sites for hydroxylation is 1. The summed E-state index contributed by atoms with van der Waals surface area (Å²) < 4.78 is 37.6. The topological polar surface area (TPSA) is 12.0 Å². The van der Waals surface area contributed by atoms with Crippen LogP contribution in [0.4, 0.5) is 18.9 Å². The van der Waals surface area contributed by atoms with Gasteiger partial charge in [0.1, 0.15) is 0 Å². The van der Waals surface area contributed by atoms with Crippen molar-refractivity contribution in [2.75, 3.05) is 5.32 Å². The van der Waals surface area contributed by atoms with Gasteiger partial charge in [0.05, 0.1) is 16.3 Å². The molecule has 0 aliphatic carbocycles. The van der Waals surface area contributed by atoms with Crippen LogP contribution in [-0.4, -0.2) is 0 Å². The first-order valence-corrected chi connectivity index (χ1v) is 6.85. The van der Waals surface area contributed by atoms with Gasteiger partial charge >= 0.3 is 6.18 Å². The number of rotatable bonds is 3. The molecule has 0 saturated carbocycles. The molecule has 112 valence electrons. The van der Waals surface area contributed by atoms with Gasteiger partial charge < -0.3 is 5.32 Å². The van der Waals surface area contributed by atoms with Crippen LogP contribution in [0, 0.1) is 6.92 Å². The summed E-state index contributed by atoms with van der Waals surface area (Å²) in [6, 6.07) is 10.6. The minimum absolute atomic E-state index is 0.147. The van der Waals surface area contributed by atoms with E-state index < -0.39 is 11.7 Å². The molecule has 1 nitrogen and oxygen atoms in total. The molecular weight excluding hydrogens is 299 g/mol. The molecule has 0 bridgehead atoms. The van der Waals surface area contributed by atoms with Gasteiger partial charge in [0.15, 0.2) is 0 Å². The Kier molecular flexibility index (Phi) is 4.47. The largest absolute Gasteiger partial charge is 0.416 e. The van der Waals surface area contributed by atoms with E-state index >= 15 is 0 Å². The van der Waals surface area contributed by atoms with E-state index in [0.717, 1.165) is 28.9 Å². The van der Waals surface area contributed by atoms with Crippen LogP contribution < -0.4 is 5.32 Å². The molecule has 2 aromatic rings. The van der Waals surface area contributed by atoms with Crippen molar-refractivity contribution in [1.82, 2.24) is 0 Å². The van der Waals surface area contributed by atoms with Gasteiger partial charge in [-0.3, -0.25) is 0 Å². The number of halogens is 4. The van der Waals surface area contributed by atoms with E-state index in [2.05, 4.69) is 5.32 Å². The third-order valence-electron chi connectivity index (χ3n) is 3.23. The predicted octanol–water partition coefficient (Wildman–Crippen LogP) is 5.84. The van der Waals surface area contributed by atoms with Gasteiger partial charge in [-0.25, -0.2) is 0 Å². The summed E-state index contributed by atoms with van der Waals surface area (Å²) in [4.78, 5) is 0. The van der Waals surface area contributed by atoms with Crippen LogP contribution in [0.25, 0.3) is 0 Å². The molecule has 0 fully saturated rings. The Morgan fingerprint density at radius 3 is 2.24 bits per heavy atom. The van der Waals surface area contributed by atoms with Crippen LogP contribution in [0.5, 0.6) is 0 Å². The minimum atomic E-state index is -4.31. The Morgan fingerprint density at radius 2 is 1.67 bits per heavy atom. The van der Waals surface area contributed by atoms with Crippen LogP contribution in [0.2, 0.25) is 5.02 Å². The Bertz CT molecular complexity index is 620. The lowest BCUT2D eigenvalue weighted by Crippen LogP contribution is -2.09. The van der Waals surface area contributed by atoms with Gasteiger partial charge in [-0.05, 0) is 49.2 Å². The highest BCUT2D eigenvalue weighted by atomic mass is 35.5. The van der Waals surface area contributed by atoms with Gasteiger partial charge in [-0.1, -0.05) is 29.8 Å². The average Bonchev–Trinajstić information content (AvgIpc) is 2.42. The van der Waals surface area contributed by atoms with Gasteiger partial charge in [0, 0.05) is 6.04 Å². The summed E-state index contributed by atoms with van der Waals surface area (Å²) in [5, 5.41) is 3.80. The summed E-state index contributed by atoms with van der Waals surface area (Å²) in [7, 11) is 0. The Labute approximate surface area is 126 Å². The molecule has 21 heavy (non-hydrogen) atoms. The Morgan fingerprint density at radius 1 is 1.05 bits per heavy atom. The lowest BCUT2D eigenvalue weighted by atomic mass is 10.1. The highest BCUT2D eigenvalue weighted by molar-refractivity contribution is 6.33. The fourth-order valence-electron chi connectivity index (χ4n) is 2.03. The van der Waals surface area contributed by atoms with Crippen LogP contribution in [0.15, 0.2) is 42.5 Å². The quantitative estimate of drug-likeness (QED) is 0.750. The summed E-state index contributed by atoms with van der Waals surface area (Å²) in [6.07, 6.45) is -4.31. The molecule has 2 rings (SSSR count). The minimum Gasteiger partial charge on any atom is -0.377 e. The van der Waals surface area contributed by atoms with E-state index in [9.17, 15) is 13.2 Å². The molecule has 0 heterocycles. The van der Waals surface area contributed by atoms with E-state index in [1.165, 1.54) is 12.1 Å². The van der Waals surface area contributed by atoms with Crippen LogP contribution in [-0.2, 0) is 6.18 Å². The standard InChI is InChI=1S/C16H15ClF3N/c1-10-3-8-14(17)15(9-10)21-11(2)12-4-6-13(7-5-12)16(18,19)20/h3-9,11,21H,1-2H3. The molecule has 0 saturated heterocycles. The molecule has 0 spiro atoms. The van der Waals surface area contributed by atoms with E-state index in [1.807, 2.05) is 26.0 Å². The van der Waals surface area contributed by atoms with Gasteiger partial charge in [0.2, 0.25) is 0 Å². The number of anilines is 1. The van der Waals surface area contributed by atoms with Gasteiger partial charge in [0.25, 0.3) is 0 Å². The number of alkyl halides is 3. The highest BCUT2D eigenvalue weighted by Gasteiger charge is 2.30. The second kappa shape index (κ2) is 5.98. The van der Waals surface area contributed by atoms with E-state index in [-0.39, 0.29) is 6.04 Å². The lowest BCUT2D eigenvalue weighted by molar-refractivity contribution is -0.137. The van der Waals surface area contributed by atoms with Crippen LogP contribution >= 0.6 is 11.6 Å². The lowest BCUT2D eigenvalue weighted by Gasteiger charge is -2.18. The van der Waals surface area contributed by atoms with Crippen molar-refractivity contribution < 1.29 is 13.2 Å². The zero-order chi connectivity index (χ0) is 15.6. The second-order valence-corrected chi connectivity index (χ2v) is 5.38. The fourth-order valence-corrected chi connectivity index (χ4v) is 2.20. The first kappa shape index (κ1) is 15.7. The monoisotopic (exact) mass is 313 g/mol. The zero-order valence-corrected chi connectivity index (χ0v) is 12.4. The third kappa shape index (κ3) is 3.91. The molecule has 0 radical (unpaired) electrons.